The lowest BCUT2D eigenvalue weighted by Crippen LogP contribution is -2.48. The Bertz CT molecular complexity index is 377. The molecule has 1 aromatic rings. The van der Waals surface area contributed by atoms with Gasteiger partial charge in [-0.25, -0.2) is 0 Å². The molecule has 0 aromatic heterocycles. The zero-order valence-corrected chi connectivity index (χ0v) is 13.2. The Morgan fingerprint density at radius 2 is 2.05 bits per heavy atom. The Labute approximate surface area is 124 Å². The van der Waals surface area contributed by atoms with E-state index in [0.29, 0.717) is 12.1 Å². The van der Waals surface area contributed by atoms with Crippen LogP contribution in [0.5, 0.6) is 0 Å². The number of benzene rings is 1. The second kappa shape index (κ2) is 7.77. The minimum Gasteiger partial charge on any atom is -0.315 e. The number of likely N-dealkylation sites (N-methyl/N-ethyl adjacent to an activating group) is 2. The van der Waals surface area contributed by atoms with Gasteiger partial charge in [-0.2, -0.15) is 0 Å². The van der Waals surface area contributed by atoms with E-state index in [2.05, 4.69) is 66.5 Å². The first-order chi connectivity index (χ1) is 9.72. The molecule has 1 aliphatic heterocycles. The molecule has 0 radical (unpaired) electrons. The molecular formula is C17H29N3. The summed E-state index contributed by atoms with van der Waals surface area (Å²) in [6.45, 7) is 6.66. The van der Waals surface area contributed by atoms with Crippen LogP contribution in [0.15, 0.2) is 30.3 Å². The molecule has 0 aliphatic carbocycles. The summed E-state index contributed by atoms with van der Waals surface area (Å²) in [7, 11) is 4.41. The summed E-state index contributed by atoms with van der Waals surface area (Å²) in [4.78, 5) is 5.04. The van der Waals surface area contributed by atoms with Gasteiger partial charge < -0.3 is 10.2 Å². The first-order valence-corrected chi connectivity index (χ1v) is 7.88. The molecule has 3 nitrogen and oxygen atoms in total. The van der Waals surface area contributed by atoms with Gasteiger partial charge >= 0.3 is 0 Å². The molecule has 20 heavy (non-hydrogen) atoms. The smallest absolute Gasteiger partial charge is 0.0473 e. The van der Waals surface area contributed by atoms with Gasteiger partial charge in [0.05, 0.1) is 0 Å². The minimum atomic E-state index is 0.499. The molecule has 3 heteroatoms. The molecule has 1 N–H and O–H groups in total. The van der Waals surface area contributed by atoms with Gasteiger partial charge in [0, 0.05) is 25.2 Å². The highest BCUT2D eigenvalue weighted by molar-refractivity contribution is 5.19. The molecule has 2 atom stereocenters. The molecule has 0 amide bonds. The highest BCUT2D eigenvalue weighted by Gasteiger charge is 2.27. The van der Waals surface area contributed by atoms with Crippen LogP contribution >= 0.6 is 0 Å². The highest BCUT2D eigenvalue weighted by atomic mass is 15.2. The topological polar surface area (TPSA) is 18.5 Å². The van der Waals surface area contributed by atoms with Crippen molar-refractivity contribution in [3.8, 4) is 0 Å². The number of rotatable bonds is 6. The molecule has 1 aromatic carbocycles. The minimum absolute atomic E-state index is 0.499. The lowest BCUT2D eigenvalue weighted by atomic mass is 9.98. The van der Waals surface area contributed by atoms with Crippen LogP contribution in [0.1, 0.15) is 31.4 Å². The van der Waals surface area contributed by atoms with Crippen LogP contribution in [-0.2, 0) is 0 Å². The maximum atomic E-state index is 3.53. The molecule has 2 unspecified atom stereocenters. The average Bonchev–Trinajstić information content (AvgIpc) is 2.49. The van der Waals surface area contributed by atoms with Gasteiger partial charge in [-0.05, 0) is 45.6 Å². The Balaban J connectivity index is 2.09. The van der Waals surface area contributed by atoms with Gasteiger partial charge in [-0.3, -0.25) is 4.90 Å². The zero-order chi connectivity index (χ0) is 14.4. The van der Waals surface area contributed by atoms with Crippen LogP contribution in [-0.4, -0.2) is 56.1 Å². The van der Waals surface area contributed by atoms with Gasteiger partial charge in [0.2, 0.25) is 0 Å². The average molecular weight is 275 g/mol. The standard InChI is InChI=1S/C17H29N3/c1-4-18-13-17(15-9-6-5-7-10-15)20-12-8-11-16(14-20)19(2)3/h5-7,9-10,16-18H,4,8,11-14H2,1-3H3. The van der Waals surface area contributed by atoms with E-state index in [9.17, 15) is 0 Å². The predicted octanol–water partition coefficient (Wildman–Crippen LogP) is 2.36. The zero-order valence-electron chi connectivity index (χ0n) is 13.2. The maximum Gasteiger partial charge on any atom is 0.0473 e. The summed E-state index contributed by atoms with van der Waals surface area (Å²) in [6, 6.07) is 12.1. The van der Waals surface area contributed by atoms with Crippen molar-refractivity contribution >= 4 is 0 Å². The van der Waals surface area contributed by atoms with E-state index in [1.54, 1.807) is 0 Å². The number of likely N-dealkylation sites (tertiary alicyclic amines) is 1. The highest BCUT2D eigenvalue weighted by Crippen LogP contribution is 2.25. The maximum absolute atomic E-state index is 3.53. The molecule has 1 saturated heterocycles. The summed E-state index contributed by atoms with van der Waals surface area (Å²) in [5.74, 6) is 0. The third kappa shape index (κ3) is 4.05. The first kappa shape index (κ1) is 15.5. The van der Waals surface area contributed by atoms with Crippen LogP contribution in [0.4, 0.5) is 0 Å². The summed E-state index contributed by atoms with van der Waals surface area (Å²) in [5, 5.41) is 3.53. The van der Waals surface area contributed by atoms with Crippen molar-refractivity contribution in [2.75, 3.05) is 40.3 Å². The number of hydrogen-bond acceptors (Lipinski definition) is 3. The van der Waals surface area contributed by atoms with Crippen molar-refractivity contribution in [1.29, 1.82) is 0 Å². The van der Waals surface area contributed by atoms with Gasteiger partial charge in [0.1, 0.15) is 0 Å². The van der Waals surface area contributed by atoms with Crippen molar-refractivity contribution in [3.63, 3.8) is 0 Å². The second-order valence-electron chi connectivity index (χ2n) is 5.99. The van der Waals surface area contributed by atoms with E-state index < -0.39 is 0 Å². The molecule has 0 bridgehead atoms. The van der Waals surface area contributed by atoms with Crippen molar-refractivity contribution in [2.45, 2.75) is 31.8 Å². The Morgan fingerprint density at radius 1 is 1.30 bits per heavy atom. The summed E-state index contributed by atoms with van der Waals surface area (Å²) in [6.07, 6.45) is 2.63. The molecule has 1 aliphatic rings. The molecule has 0 saturated carbocycles. The molecule has 0 spiro atoms. The number of nitrogens with zero attached hydrogens (tertiary/aromatic N) is 2. The van der Waals surface area contributed by atoms with Crippen LogP contribution in [0.3, 0.4) is 0 Å². The molecule has 1 heterocycles. The number of nitrogens with one attached hydrogen (secondary N) is 1. The van der Waals surface area contributed by atoms with Gasteiger partial charge in [-0.15, -0.1) is 0 Å². The van der Waals surface area contributed by atoms with Crippen LogP contribution < -0.4 is 5.32 Å². The third-order valence-corrected chi connectivity index (χ3v) is 4.37. The van der Waals surface area contributed by atoms with E-state index >= 15 is 0 Å². The summed E-state index contributed by atoms with van der Waals surface area (Å²) < 4.78 is 0. The summed E-state index contributed by atoms with van der Waals surface area (Å²) in [5.41, 5.74) is 1.44. The van der Waals surface area contributed by atoms with E-state index in [-0.39, 0.29) is 0 Å². The Morgan fingerprint density at radius 3 is 2.70 bits per heavy atom. The van der Waals surface area contributed by atoms with Crippen LogP contribution in [0, 0.1) is 0 Å². The largest absolute Gasteiger partial charge is 0.315 e. The fourth-order valence-corrected chi connectivity index (χ4v) is 3.10. The molecular weight excluding hydrogens is 246 g/mol. The fraction of sp³-hybridized carbons (Fsp3) is 0.647. The normalized spacial score (nSPS) is 22.1. The lowest BCUT2D eigenvalue weighted by Gasteiger charge is -2.40. The van der Waals surface area contributed by atoms with Crippen molar-refractivity contribution in [1.82, 2.24) is 15.1 Å². The molecule has 1 fully saturated rings. The summed E-state index contributed by atoms with van der Waals surface area (Å²) >= 11 is 0. The van der Waals surface area contributed by atoms with Crippen molar-refractivity contribution in [3.05, 3.63) is 35.9 Å². The Kier molecular flexibility index (Phi) is 6.02. The molecule has 2 rings (SSSR count). The fourth-order valence-electron chi connectivity index (χ4n) is 3.10. The second-order valence-corrected chi connectivity index (χ2v) is 5.99. The first-order valence-electron chi connectivity index (χ1n) is 7.88. The van der Waals surface area contributed by atoms with E-state index in [1.165, 1.54) is 31.5 Å². The van der Waals surface area contributed by atoms with Crippen LogP contribution in [0.25, 0.3) is 0 Å². The number of piperidine rings is 1. The predicted molar refractivity (Wildman–Crippen MR) is 86.0 cm³/mol. The Hall–Kier alpha value is -0.900. The van der Waals surface area contributed by atoms with Crippen molar-refractivity contribution < 1.29 is 0 Å². The third-order valence-electron chi connectivity index (χ3n) is 4.37. The SMILES string of the molecule is CCNCC(c1ccccc1)N1CCCC(N(C)C)C1. The van der Waals surface area contributed by atoms with E-state index in [4.69, 9.17) is 0 Å². The quantitative estimate of drug-likeness (QED) is 0.860. The monoisotopic (exact) mass is 275 g/mol. The van der Waals surface area contributed by atoms with Gasteiger partial charge in [-0.1, -0.05) is 37.3 Å². The molecule has 112 valence electrons. The van der Waals surface area contributed by atoms with Gasteiger partial charge in [0.25, 0.3) is 0 Å². The van der Waals surface area contributed by atoms with Gasteiger partial charge in [0.15, 0.2) is 0 Å². The van der Waals surface area contributed by atoms with Crippen molar-refractivity contribution in [2.24, 2.45) is 0 Å². The van der Waals surface area contributed by atoms with Crippen LogP contribution in [0.2, 0.25) is 0 Å². The van der Waals surface area contributed by atoms with E-state index in [1.807, 2.05) is 0 Å². The number of hydrogen-bond donors (Lipinski definition) is 1. The van der Waals surface area contributed by atoms with E-state index in [0.717, 1.165) is 13.1 Å². The lowest BCUT2D eigenvalue weighted by molar-refractivity contribution is 0.0950.